The molecular weight excluding hydrogens is 452 g/mol. The van der Waals surface area contributed by atoms with Crippen molar-refractivity contribution in [3.8, 4) is 0 Å². The van der Waals surface area contributed by atoms with Gasteiger partial charge in [0.2, 0.25) is 5.79 Å². The summed E-state index contributed by atoms with van der Waals surface area (Å²) < 4.78 is 12.7. The molecule has 2 heterocycles. The summed E-state index contributed by atoms with van der Waals surface area (Å²) in [5, 5.41) is 9.39. The van der Waals surface area contributed by atoms with E-state index in [0.29, 0.717) is 18.4 Å². The van der Waals surface area contributed by atoms with E-state index in [-0.39, 0.29) is 52.5 Å². The fraction of sp³-hybridized carbons (Fsp3) is 0.677. The fourth-order valence-corrected chi connectivity index (χ4v) is 8.61. The molecule has 0 unspecified atom stereocenters. The predicted octanol–water partition coefficient (Wildman–Crippen LogP) is 5.93. The summed E-state index contributed by atoms with van der Waals surface area (Å²) in [5.41, 5.74) is 5.29. The monoisotopic (exact) mass is 494 g/mol. The van der Waals surface area contributed by atoms with Crippen LogP contribution < -0.4 is 0 Å². The lowest BCUT2D eigenvalue weighted by Crippen LogP contribution is -2.53. The van der Waals surface area contributed by atoms with Crippen molar-refractivity contribution in [2.75, 3.05) is 6.61 Å². The van der Waals surface area contributed by atoms with Crippen molar-refractivity contribution >= 4 is 11.8 Å². The van der Waals surface area contributed by atoms with E-state index in [1.165, 1.54) is 5.56 Å². The average molecular weight is 495 g/mol. The molecule has 1 saturated carbocycles. The number of rotatable bonds is 4. The van der Waals surface area contributed by atoms with Gasteiger partial charge in [0.15, 0.2) is 5.78 Å². The molecule has 0 aromatic heterocycles. The van der Waals surface area contributed by atoms with Crippen molar-refractivity contribution in [1.82, 2.24) is 0 Å². The topological polar surface area (TPSA) is 72.8 Å². The van der Waals surface area contributed by atoms with Crippen molar-refractivity contribution in [2.24, 2.45) is 17.3 Å². The molecule has 0 amide bonds. The highest BCUT2D eigenvalue weighted by molar-refractivity contribution is 6.02. The second-order valence-corrected chi connectivity index (χ2v) is 13.2. The van der Waals surface area contributed by atoms with Gasteiger partial charge in [0.1, 0.15) is 0 Å². The fourth-order valence-electron chi connectivity index (χ4n) is 8.61. The highest BCUT2D eigenvalue weighted by Crippen LogP contribution is 2.68. The van der Waals surface area contributed by atoms with Crippen molar-refractivity contribution in [3.63, 3.8) is 0 Å². The lowest BCUT2D eigenvalue weighted by Gasteiger charge is -2.52. The number of Topliss-reactive ketones (excluding diaryl/α,β-unsaturated/α-hetero) is 1. The zero-order valence-corrected chi connectivity index (χ0v) is 23.2. The number of fused-ring (bicyclic) bond motifs is 5. The quantitative estimate of drug-likeness (QED) is 0.525. The van der Waals surface area contributed by atoms with Crippen LogP contribution in [0.3, 0.4) is 0 Å². The second-order valence-electron chi connectivity index (χ2n) is 13.2. The first-order valence-corrected chi connectivity index (χ1v) is 13.6. The highest BCUT2D eigenvalue weighted by Gasteiger charge is 2.68. The predicted molar refractivity (Wildman–Crippen MR) is 139 cm³/mol. The van der Waals surface area contributed by atoms with E-state index in [0.717, 1.165) is 41.5 Å². The SMILES string of the molecule is CC1=C(C)[C@@]2(C[C@@H](C)[C@H]3[C@H](C[C@@]4(C)c5ccc(C(C)(C)CCCO)c(C)c5C(=O)C[C@]34C)O2)OC1=O. The molecule has 1 aromatic rings. The molecule has 1 N–H and O–H groups in total. The van der Waals surface area contributed by atoms with Crippen molar-refractivity contribution in [1.29, 1.82) is 0 Å². The van der Waals surface area contributed by atoms with Crippen LogP contribution in [-0.4, -0.2) is 35.4 Å². The second kappa shape index (κ2) is 8.01. The van der Waals surface area contributed by atoms with Crippen LogP contribution in [0.4, 0.5) is 0 Å². The molecule has 196 valence electrons. The number of carbonyl (C=O) groups is 2. The van der Waals surface area contributed by atoms with Crippen molar-refractivity contribution in [2.45, 2.75) is 110 Å². The Morgan fingerprint density at radius 2 is 1.81 bits per heavy atom. The van der Waals surface area contributed by atoms with E-state index in [9.17, 15) is 14.7 Å². The summed E-state index contributed by atoms with van der Waals surface area (Å²) in [6.45, 7) is 17.3. The van der Waals surface area contributed by atoms with Gasteiger partial charge < -0.3 is 14.6 Å². The standard InChI is InChI=1S/C31H42O5/c1-17-14-31(20(4)18(2)27(34)36-31)35-24-16-29(7)22-11-10-21(28(5,6)12-9-13-32)19(3)25(22)23(33)15-30(29,8)26(17)24/h10-11,17,24,26,32H,9,12-16H2,1-8H3/t17-,24+,26+,29+,30-,31-/m1/s1. The minimum Gasteiger partial charge on any atom is -0.426 e. The maximum Gasteiger partial charge on any atom is 0.336 e. The Balaban J connectivity index is 1.58. The molecular formula is C31H42O5. The molecule has 0 radical (unpaired) electrons. The van der Waals surface area contributed by atoms with Crippen molar-refractivity contribution < 1.29 is 24.2 Å². The Morgan fingerprint density at radius 3 is 2.42 bits per heavy atom. The first kappa shape index (κ1) is 25.7. The summed E-state index contributed by atoms with van der Waals surface area (Å²) in [7, 11) is 0. The molecule has 2 fully saturated rings. The Morgan fingerprint density at radius 1 is 1.11 bits per heavy atom. The van der Waals surface area contributed by atoms with Crippen LogP contribution in [0, 0.1) is 24.2 Å². The third-order valence-electron chi connectivity index (χ3n) is 10.8. The number of aliphatic hydroxyl groups excluding tert-OH is 1. The number of benzene rings is 1. The number of hydrogen-bond donors (Lipinski definition) is 1. The van der Waals surface area contributed by atoms with E-state index >= 15 is 0 Å². The van der Waals surface area contributed by atoms with E-state index < -0.39 is 5.79 Å². The molecule has 0 bridgehead atoms. The number of ether oxygens (including phenoxy) is 2. The maximum absolute atomic E-state index is 13.9. The molecule has 1 spiro atoms. The number of aliphatic hydroxyl groups is 1. The Hall–Kier alpha value is -1.98. The molecule has 1 aromatic carbocycles. The maximum atomic E-state index is 13.9. The summed E-state index contributed by atoms with van der Waals surface area (Å²) in [6.07, 6.45) is 3.47. The smallest absolute Gasteiger partial charge is 0.336 e. The van der Waals surface area contributed by atoms with Gasteiger partial charge in [-0.1, -0.05) is 46.8 Å². The Labute approximate surface area is 215 Å². The van der Waals surface area contributed by atoms with Crippen LogP contribution in [0.25, 0.3) is 0 Å². The van der Waals surface area contributed by atoms with Crippen LogP contribution in [0.5, 0.6) is 0 Å². The van der Waals surface area contributed by atoms with Crippen molar-refractivity contribution in [3.05, 3.63) is 45.5 Å². The summed E-state index contributed by atoms with van der Waals surface area (Å²) in [5.74, 6) is -0.561. The summed E-state index contributed by atoms with van der Waals surface area (Å²) in [4.78, 5) is 26.3. The zero-order chi connectivity index (χ0) is 26.4. The van der Waals surface area contributed by atoms with E-state index in [2.05, 4.69) is 53.7 Å². The average Bonchev–Trinajstić information content (AvgIpc) is 3.14. The third-order valence-corrected chi connectivity index (χ3v) is 10.8. The van der Waals surface area contributed by atoms with Gasteiger partial charge in [-0.15, -0.1) is 0 Å². The molecule has 5 nitrogen and oxygen atoms in total. The van der Waals surface area contributed by atoms with Gasteiger partial charge in [0, 0.05) is 41.6 Å². The number of ketones is 1. The van der Waals surface area contributed by atoms with E-state index in [1.807, 2.05) is 13.8 Å². The molecule has 36 heavy (non-hydrogen) atoms. The number of carbonyl (C=O) groups excluding carboxylic acids is 2. The van der Waals surface area contributed by atoms with Gasteiger partial charge in [-0.2, -0.15) is 0 Å². The normalized spacial score (nSPS) is 37.8. The van der Waals surface area contributed by atoms with Gasteiger partial charge in [-0.25, -0.2) is 4.79 Å². The number of hydrogen-bond acceptors (Lipinski definition) is 5. The molecule has 5 rings (SSSR count). The third kappa shape index (κ3) is 3.21. The Kier molecular flexibility index (Phi) is 5.71. The minimum atomic E-state index is -0.967. The first-order chi connectivity index (χ1) is 16.7. The molecule has 6 atom stereocenters. The lowest BCUT2D eigenvalue weighted by molar-refractivity contribution is -0.262. The van der Waals surface area contributed by atoms with Crippen LogP contribution in [0.15, 0.2) is 23.3 Å². The van der Waals surface area contributed by atoms with Gasteiger partial charge in [0.05, 0.1) is 6.10 Å². The van der Waals surface area contributed by atoms with Crippen LogP contribution in [-0.2, 0) is 25.1 Å². The molecule has 2 aliphatic heterocycles. The lowest BCUT2D eigenvalue weighted by atomic mass is 9.52. The molecule has 1 saturated heterocycles. The van der Waals surface area contributed by atoms with Crippen LogP contribution in [0.1, 0.15) is 108 Å². The first-order valence-electron chi connectivity index (χ1n) is 13.6. The minimum absolute atomic E-state index is 0.0860. The number of esters is 1. The molecule has 2 aliphatic carbocycles. The summed E-state index contributed by atoms with van der Waals surface area (Å²) >= 11 is 0. The van der Waals surface area contributed by atoms with Gasteiger partial charge in [0.25, 0.3) is 0 Å². The molecule has 5 heteroatoms. The van der Waals surface area contributed by atoms with Gasteiger partial charge in [-0.3, -0.25) is 4.79 Å². The van der Waals surface area contributed by atoms with E-state index in [1.54, 1.807) is 0 Å². The Bertz CT molecular complexity index is 1180. The zero-order valence-electron chi connectivity index (χ0n) is 23.2. The largest absolute Gasteiger partial charge is 0.426 e. The summed E-state index contributed by atoms with van der Waals surface area (Å²) in [6, 6.07) is 4.43. The highest BCUT2D eigenvalue weighted by atomic mass is 16.7. The van der Waals surface area contributed by atoms with Crippen LogP contribution in [0.2, 0.25) is 0 Å². The van der Waals surface area contributed by atoms with E-state index in [4.69, 9.17) is 9.47 Å². The molecule has 4 aliphatic rings. The van der Waals surface area contributed by atoms with Crippen LogP contribution >= 0.6 is 0 Å². The van der Waals surface area contributed by atoms with Gasteiger partial charge in [-0.05, 0) is 79.4 Å². The van der Waals surface area contributed by atoms with Gasteiger partial charge >= 0.3 is 5.97 Å².